The molecule has 0 aromatic heterocycles. The Morgan fingerprint density at radius 3 is 2.68 bits per heavy atom. The van der Waals surface area contributed by atoms with Crippen molar-refractivity contribution in [1.82, 2.24) is 5.32 Å². The lowest BCUT2D eigenvalue weighted by Crippen LogP contribution is -2.41. The second kappa shape index (κ2) is 9.26. The molecule has 0 bridgehead atoms. The predicted molar refractivity (Wildman–Crippen MR) is 108 cm³/mol. The van der Waals surface area contributed by atoms with Crippen LogP contribution in [0.3, 0.4) is 0 Å². The molecule has 0 fully saturated rings. The van der Waals surface area contributed by atoms with E-state index in [1.807, 2.05) is 36.4 Å². The van der Waals surface area contributed by atoms with Gasteiger partial charge in [0.15, 0.2) is 6.61 Å². The number of benzene rings is 2. The van der Waals surface area contributed by atoms with Crippen molar-refractivity contribution in [1.29, 1.82) is 0 Å². The maximum atomic E-state index is 12.1. The zero-order chi connectivity index (χ0) is 19.9. The van der Waals surface area contributed by atoms with Crippen LogP contribution in [-0.2, 0) is 9.59 Å². The minimum Gasteiger partial charge on any atom is -0.492 e. The van der Waals surface area contributed by atoms with Gasteiger partial charge in [0.25, 0.3) is 5.91 Å². The van der Waals surface area contributed by atoms with Gasteiger partial charge in [0, 0.05) is 13.0 Å². The topological polar surface area (TPSA) is 67.9 Å². The maximum absolute atomic E-state index is 12.1. The van der Waals surface area contributed by atoms with Gasteiger partial charge in [-0.25, -0.2) is 0 Å². The highest BCUT2D eigenvalue weighted by Crippen LogP contribution is 2.31. The Morgan fingerprint density at radius 1 is 1.18 bits per heavy atom. The third-order valence-electron chi connectivity index (χ3n) is 4.61. The number of ether oxygens (including phenoxy) is 2. The molecule has 0 aliphatic carbocycles. The molecule has 0 unspecified atom stereocenters. The summed E-state index contributed by atoms with van der Waals surface area (Å²) in [7, 11) is 0. The van der Waals surface area contributed by atoms with E-state index in [0.717, 1.165) is 5.75 Å². The van der Waals surface area contributed by atoms with E-state index in [4.69, 9.17) is 9.47 Å². The first-order valence-electron chi connectivity index (χ1n) is 9.56. The fourth-order valence-corrected chi connectivity index (χ4v) is 3.01. The van der Waals surface area contributed by atoms with E-state index >= 15 is 0 Å². The average Bonchev–Trinajstić information content (AvgIpc) is 2.71. The highest BCUT2D eigenvalue weighted by molar-refractivity contribution is 5.98. The van der Waals surface area contributed by atoms with Crippen LogP contribution >= 0.6 is 0 Å². The van der Waals surface area contributed by atoms with Crippen LogP contribution in [0.1, 0.15) is 31.7 Å². The van der Waals surface area contributed by atoms with E-state index in [1.54, 1.807) is 4.90 Å². The van der Waals surface area contributed by atoms with Crippen LogP contribution in [0, 0.1) is 0 Å². The lowest BCUT2D eigenvalue weighted by molar-refractivity contribution is -0.122. The molecule has 1 N–H and O–H groups in total. The van der Waals surface area contributed by atoms with Crippen molar-refractivity contribution in [3.63, 3.8) is 0 Å². The van der Waals surface area contributed by atoms with Crippen molar-refractivity contribution in [2.75, 3.05) is 31.2 Å². The summed E-state index contributed by atoms with van der Waals surface area (Å²) in [4.78, 5) is 25.8. The first-order chi connectivity index (χ1) is 13.5. The van der Waals surface area contributed by atoms with Gasteiger partial charge in [0.05, 0.1) is 12.2 Å². The summed E-state index contributed by atoms with van der Waals surface area (Å²) in [5, 5.41) is 2.83. The molecule has 0 radical (unpaired) electrons. The van der Waals surface area contributed by atoms with Crippen molar-refractivity contribution in [2.45, 2.75) is 26.2 Å². The monoisotopic (exact) mass is 382 g/mol. The number of anilines is 1. The second-order valence-corrected chi connectivity index (χ2v) is 6.97. The van der Waals surface area contributed by atoms with Crippen LogP contribution in [0.5, 0.6) is 11.5 Å². The fraction of sp³-hybridized carbons (Fsp3) is 0.364. The average molecular weight is 382 g/mol. The molecule has 1 aliphatic rings. The van der Waals surface area contributed by atoms with Crippen molar-refractivity contribution in [3.05, 3.63) is 54.1 Å². The highest BCUT2D eigenvalue weighted by atomic mass is 16.5. The molecule has 3 rings (SSSR count). The Bertz CT molecular complexity index is 818. The molecule has 148 valence electrons. The quantitative estimate of drug-likeness (QED) is 0.713. The number of nitrogens with zero attached hydrogens (tertiary/aromatic N) is 1. The van der Waals surface area contributed by atoms with E-state index in [9.17, 15) is 9.59 Å². The molecule has 0 saturated carbocycles. The maximum Gasteiger partial charge on any atom is 0.265 e. The van der Waals surface area contributed by atoms with E-state index in [-0.39, 0.29) is 24.8 Å². The molecular formula is C22H26N2O4. The van der Waals surface area contributed by atoms with Crippen LogP contribution < -0.4 is 19.7 Å². The number of para-hydroxylation sites is 2. The minimum atomic E-state index is -0.139. The van der Waals surface area contributed by atoms with Gasteiger partial charge in [-0.2, -0.15) is 0 Å². The third-order valence-corrected chi connectivity index (χ3v) is 4.61. The summed E-state index contributed by atoms with van der Waals surface area (Å²) in [6.07, 6.45) is 0.225. The zero-order valence-electron chi connectivity index (χ0n) is 16.3. The molecule has 1 heterocycles. The largest absolute Gasteiger partial charge is 0.492 e. The predicted octanol–water partition coefficient (Wildman–Crippen LogP) is 3.12. The number of fused-ring (bicyclic) bond motifs is 1. The number of hydrogen-bond acceptors (Lipinski definition) is 4. The van der Waals surface area contributed by atoms with Gasteiger partial charge in [-0.05, 0) is 35.7 Å². The molecule has 0 spiro atoms. The number of nitrogens with one attached hydrogen (secondary N) is 1. The van der Waals surface area contributed by atoms with Crippen LogP contribution in [0.2, 0.25) is 0 Å². The van der Waals surface area contributed by atoms with Crippen LogP contribution in [-0.4, -0.2) is 38.1 Å². The van der Waals surface area contributed by atoms with Gasteiger partial charge in [-0.15, -0.1) is 0 Å². The van der Waals surface area contributed by atoms with Crippen molar-refractivity contribution in [2.24, 2.45) is 0 Å². The first kappa shape index (κ1) is 19.7. The van der Waals surface area contributed by atoms with Crippen molar-refractivity contribution < 1.29 is 19.1 Å². The number of carbonyl (C=O) groups excluding carboxylic acids is 2. The fourth-order valence-electron chi connectivity index (χ4n) is 3.01. The minimum absolute atomic E-state index is 0.00206. The Balaban J connectivity index is 1.40. The van der Waals surface area contributed by atoms with E-state index < -0.39 is 0 Å². The molecule has 6 nitrogen and oxygen atoms in total. The lowest BCUT2D eigenvalue weighted by Gasteiger charge is -2.29. The van der Waals surface area contributed by atoms with E-state index in [0.29, 0.717) is 37.1 Å². The summed E-state index contributed by atoms with van der Waals surface area (Å²) in [5.74, 6) is 1.68. The molecule has 6 heteroatoms. The molecule has 0 atom stereocenters. The lowest BCUT2D eigenvalue weighted by atomic mass is 10.0. The Morgan fingerprint density at radius 2 is 1.93 bits per heavy atom. The summed E-state index contributed by atoms with van der Waals surface area (Å²) in [6.45, 7) is 5.43. The molecule has 1 aliphatic heterocycles. The van der Waals surface area contributed by atoms with Gasteiger partial charge >= 0.3 is 0 Å². The summed E-state index contributed by atoms with van der Waals surface area (Å²) >= 11 is 0. The van der Waals surface area contributed by atoms with Crippen LogP contribution in [0.4, 0.5) is 5.69 Å². The van der Waals surface area contributed by atoms with E-state index in [2.05, 4.69) is 31.3 Å². The molecule has 28 heavy (non-hydrogen) atoms. The number of carbonyl (C=O) groups is 2. The third kappa shape index (κ3) is 5.03. The number of rotatable bonds is 8. The Labute approximate surface area is 165 Å². The normalized spacial score (nSPS) is 13.1. The molecule has 2 amide bonds. The first-order valence-corrected chi connectivity index (χ1v) is 9.56. The standard InChI is InChI=1S/C22H26N2O4/c1-16(2)17-7-9-18(10-8-17)27-14-12-23-21(25)11-13-24-19-5-3-4-6-20(19)28-15-22(24)26/h3-10,16H,11-15H2,1-2H3,(H,23,25). The Hall–Kier alpha value is -3.02. The second-order valence-electron chi connectivity index (χ2n) is 6.97. The van der Waals surface area contributed by atoms with Gasteiger partial charge in [-0.1, -0.05) is 38.1 Å². The van der Waals surface area contributed by atoms with E-state index in [1.165, 1.54) is 5.56 Å². The number of hydrogen-bond donors (Lipinski definition) is 1. The molecule has 2 aromatic carbocycles. The van der Waals surface area contributed by atoms with Gasteiger partial charge < -0.3 is 19.7 Å². The summed E-state index contributed by atoms with van der Waals surface area (Å²) < 4.78 is 11.1. The SMILES string of the molecule is CC(C)c1ccc(OCCNC(=O)CCN2C(=O)COc3ccccc32)cc1. The van der Waals surface area contributed by atoms with Crippen molar-refractivity contribution >= 4 is 17.5 Å². The molecule has 0 saturated heterocycles. The Kier molecular flexibility index (Phi) is 6.53. The summed E-state index contributed by atoms with van der Waals surface area (Å²) in [6, 6.07) is 15.3. The van der Waals surface area contributed by atoms with Gasteiger partial charge in [-0.3, -0.25) is 9.59 Å². The van der Waals surface area contributed by atoms with Crippen molar-refractivity contribution in [3.8, 4) is 11.5 Å². The summed E-state index contributed by atoms with van der Waals surface area (Å²) in [5.41, 5.74) is 1.97. The van der Waals surface area contributed by atoms with Crippen LogP contribution in [0.25, 0.3) is 0 Å². The molecule has 2 aromatic rings. The van der Waals surface area contributed by atoms with Gasteiger partial charge in [0.1, 0.15) is 18.1 Å². The highest BCUT2D eigenvalue weighted by Gasteiger charge is 2.25. The molecular weight excluding hydrogens is 356 g/mol. The van der Waals surface area contributed by atoms with Crippen LogP contribution in [0.15, 0.2) is 48.5 Å². The zero-order valence-corrected chi connectivity index (χ0v) is 16.3. The smallest absolute Gasteiger partial charge is 0.265 e. The van der Waals surface area contributed by atoms with Gasteiger partial charge in [0.2, 0.25) is 5.91 Å². The number of amides is 2.